The van der Waals surface area contributed by atoms with Gasteiger partial charge in [0.2, 0.25) is 5.91 Å². The van der Waals surface area contributed by atoms with Crippen molar-refractivity contribution < 1.29 is 18.8 Å². The van der Waals surface area contributed by atoms with Crippen molar-refractivity contribution >= 4 is 29.1 Å². The third kappa shape index (κ3) is 4.87. The molecule has 8 heteroatoms. The second kappa shape index (κ2) is 8.95. The van der Waals surface area contributed by atoms with Gasteiger partial charge in [-0.1, -0.05) is 6.07 Å². The van der Waals surface area contributed by atoms with Crippen LogP contribution in [-0.4, -0.2) is 47.8 Å². The van der Waals surface area contributed by atoms with E-state index in [0.29, 0.717) is 36.4 Å². The van der Waals surface area contributed by atoms with Crippen molar-refractivity contribution in [3.8, 4) is 0 Å². The molecule has 0 unspecified atom stereocenters. The van der Waals surface area contributed by atoms with Crippen LogP contribution in [0.5, 0.6) is 0 Å². The number of halogens is 1. The van der Waals surface area contributed by atoms with Crippen LogP contribution in [0, 0.1) is 11.7 Å². The molecule has 2 aliphatic rings. The number of piperidine rings is 1. The average Bonchev–Trinajstić information content (AvgIpc) is 3.40. The fraction of sp³-hybridized carbons (Fsp3) is 0.409. The van der Waals surface area contributed by atoms with E-state index in [4.69, 9.17) is 0 Å². The third-order valence-corrected chi connectivity index (χ3v) is 6.49. The number of carbonyl (C=O) groups is 3. The van der Waals surface area contributed by atoms with Crippen molar-refractivity contribution in [2.45, 2.75) is 37.8 Å². The first-order valence-electron chi connectivity index (χ1n) is 10.2. The van der Waals surface area contributed by atoms with Gasteiger partial charge in [-0.2, -0.15) is 0 Å². The molecule has 0 bridgehead atoms. The molecule has 0 radical (unpaired) electrons. The standard InChI is InChI=1S/C22H24FN3O3S/c23-16-5-3-15(4-6-16)20(27)25-19(21(28)24-17-7-8-17)14-9-11-26(12-10-14)22(29)18-2-1-13-30-18/h1-6,13-14,17,19H,7-12H2,(H,24,28)(H,25,27)/t19-/m1/s1. The molecule has 158 valence electrons. The van der Waals surface area contributed by atoms with Crippen molar-refractivity contribution in [1.29, 1.82) is 0 Å². The molecule has 2 N–H and O–H groups in total. The molecule has 1 aliphatic carbocycles. The maximum Gasteiger partial charge on any atom is 0.263 e. The van der Waals surface area contributed by atoms with Crippen LogP contribution in [-0.2, 0) is 4.79 Å². The molecular formula is C22H24FN3O3S. The van der Waals surface area contributed by atoms with Gasteiger partial charge in [0, 0.05) is 24.7 Å². The molecule has 1 aliphatic heterocycles. The fourth-order valence-corrected chi connectivity index (χ4v) is 4.42. The summed E-state index contributed by atoms with van der Waals surface area (Å²) in [6, 6.07) is 8.43. The zero-order chi connectivity index (χ0) is 21.1. The van der Waals surface area contributed by atoms with Gasteiger partial charge in [-0.05, 0) is 67.3 Å². The van der Waals surface area contributed by atoms with Crippen molar-refractivity contribution in [3.05, 3.63) is 58.0 Å². The van der Waals surface area contributed by atoms with E-state index in [2.05, 4.69) is 10.6 Å². The number of rotatable bonds is 6. The van der Waals surface area contributed by atoms with Crippen molar-refractivity contribution in [2.24, 2.45) is 5.92 Å². The predicted molar refractivity (Wildman–Crippen MR) is 112 cm³/mol. The van der Waals surface area contributed by atoms with Crippen molar-refractivity contribution in [3.63, 3.8) is 0 Å². The summed E-state index contributed by atoms with van der Waals surface area (Å²) < 4.78 is 13.2. The van der Waals surface area contributed by atoms with E-state index < -0.39 is 17.8 Å². The molecule has 4 rings (SSSR count). The molecule has 0 spiro atoms. The highest BCUT2D eigenvalue weighted by Gasteiger charge is 2.36. The smallest absolute Gasteiger partial charge is 0.263 e. The lowest BCUT2D eigenvalue weighted by atomic mass is 9.88. The number of carbonyl (C=O) groups excluding carboxylic acids is 3. The molecule has 3 amide bonds. The van der Waals surface area contributed by atoms with Gasteiger partial charge >= 0.3 is 0 Å². The minimum Gasteiger partial charge on any atom is -0.352 e. The zero-order valence-electron chi connectivity index (χ0n) is 16.5. The Balaban J connectivity index is 1.42. The van der Waals surface area contributed by atoms with Crippen LogP contribution < -0.4 is 10.6 Å². The Morgan fingerprint density at radius 1 is 1.03 bits per heavy atom. The molecule has 2 heterocycles. The van der Waals surface area contributed by atoms with E-state index in [0.717, 1.165) is 12.8 Å². The van der Waals surface area contributed by atoms with Crippen LogP contribution >= 0.6 is 11.3 Å². The first-order valence-corrected chi connectivity index (χ1v) is 11.1. The van der Waals surface area contributed by atoms with Gasteiger partial charge in [-0.25, -0.2) is 4.39 Å². The Morgan fingerprint density at radius 2 is 1.73 bits per heavy atom. The molecule has 1 aromatic carbocycles. The number of likely N-dealkylation sites (tertiary alicyclic amines) is 1. The van der Waals surface area contributed by atoms with Crippen LogP contribution in [0.15, 0.2) is 41.8 Å². The van der Waals surface area contributed by atoms with Gasteiger partial charge in [0.25, 0.3) is 11.8 Å². The van der Waals surface area contributed by atoms with Crippen LogP contribution in [0.1, 0.15) is 45.7 Å². The Hall–Kier alpha value is -2.74. The number of thiophene rings is 1. The molecule has 1 atom stereocenters. The number of hydrogen-bond donors (Lipinski definition) is 2. The summed E-state index contributed by atoms with van der Waals surface area (Å²) in [6.07, 6.45) is 3.17. The SMILES string of the molecule is O=C(N[C@@H](C(=O)NC1CC1)C1CCN(C(=O)c2cccs2)CC1)c1ccc(F)cc1. The summed E-state index contributed by atoms with van der Waals surface area (Å²) in [5.74, 6) is -1.06. The van der Waals surface area contributed by atoms with Gasteiger partial charge in [0.05, 0.1) is 4.88 Å². The van der Waals surface area contributed by atoms with Crippen LogP contribution in [0.4, 0.5) is 4.39 Å². The summed E-state index contributed by atoms with van der Waals surface area (Å²) in [4.78, 5) is 40.6. The number of nitrogens with one attached hydrogen (secondary N) is 2. The Kier molecular flexibility index (Phi) is 6.13. The first kappa shape index (κ1) is 20.5. The van der Waals surface area contributed by atoms with Gasteiger partial charge in [0.1, 0.15) is 11.9 Å². The number of amides is 3. The average molecular weight is 430 g/mol. The van der Waals surface area contributed by atoms with Gasteiger partial charge in [-0.15, -0.1) is 11.3 Å². The normalized spacial score (nSPS) is 18.0. The Bertz CT molecular complexity index is 904. The largest absolute Gasteiger partial charge is 0.352 e. The summed E-state index contributed by atoms with van der Waals surface area (Å²) in [5.41, 5.74) is 0.311. The summed E-state index contributed by atoms with van der Waals surface area (Å²) in [5, 5.41) is 7.71. The second-order valence-electron chi connectivity index (χ2n) is 7.85. The fourth-order valence-electron chi connectivity index (χ4n) is 3.73. The van der Waals surface area contributed by atoms with Crippen LogP contribution in [0.3, 0.4) is 0 Å². The van der Waals surface area contributed by atoms with E-state index >= 15 is 0 Å². The lowest BCUT2D eigenvalue weighted by molar-refractivity contribution is -0.124. The highest BCUT2D eigenvalue weighted by atomic mass is 32.1. The minimum absolute atomic E-state index is 0.0118. The zero-order valence-corrected chi connectivity index (χ0v) is 17.3. The maximum atomic E-state index is 13.2. The van der Waals surface area contributed by atoms with Gasteiger partial charge in [0.15, 0.2) is 0 Å². The number of hydrogen-bond acceptors (Lipinski definition) is 4. The molecule has 2 fully saturated rings. The van der Waals surface area contributed by atoms with E-state index in [-0.39, 0.29) is 23.8 Å². The lowest BCUT2D eigenvalue weighted by Crippen LogP contribution is -2.54. The second-order valence-corrected chi connectivity index (χ2v) is 8.80. The van der Waals surface area contributed by atoms with Crippen molar-refractivity contribution in [1.82, 2.24) is 15.5 Å². The maximum absolute atomic E-state index is 13.2. The third-order valence-electron chi connectivity index (χ3n) is 5.63. The van der Waals surface area contributed by atoms with Crippen molar-refractivity contribution in [2.75, 3.05) is 13.1 Å². The Morgan fingerprint density at radius 3 is 2.33 bits per heavy atom. The summed E-state index contributed by atoms with van der Waals surface area (Å²) in [7, 11) is 0. The molecule has 1 aromatic heterocycles. The van der Waals surface area contributed by atoms with Crippen LogP contribution in [0.2, 0.25) is 0 Å². The Labute approximate surface area is 178 Å². The molecule has 2 aromatic rings. The van der Waals surface area contributed by atoms with Gasteiger partial charge < -0.3 is 15.5 Å². The minimum atomic E-state index is -0.679. The first-order chi connectivity index (χ1) is 14.5. The molecule has 6 nitrogen and oxygen atoms in total. The number of benzene rings is 1. The monoisotopic (exact) mass is 429 g/mol. The predicted octanol–water partition coefficient (Wildman–Crippen LogP) is 2.82. The number of nitrogens with zero attached hydrogens (tertiary/aromatic N) is 1. The van der Waals surface area contributed by atoms with E-state index in [9.17, 15) is 18.8 Å². The van der Waals surface area contributed by atoms with Gasteiger partial charge in [-0.3, -0.25) is 14.4 Å². The lowest BCUT2D eigenvalue weighted by Gasteiger charge is -2.35. The van der Waals surface area contributed by atoms with E-state index in [1.54, 1.807) is 4.90 Å². The molecule has 30 heavy (non-hydrogen) atoms. The van der Waals surface area contributed by atoms with E-state index in [1.165, 1.54) is 35.6 Å². The molecule has 1 saturated heterocycles. The topological polar surface area (TPSA) is 78.5 Å². The highest BCUT2D eigenvalue weighted by Crippen LogP contribution is 2.25. The summed E-state index contributed by atoms with van der Waals surface area (Å²) in [6.45, 7) is 1.09. The quantitative estimate of drug-likeness (QED) is 0.741. The highest BCUT2D eigenvalue weighted by molar-refractivity contribution is 7.12. The molecular weight excluding hydrogens is 405 g/mol. The van der Waals surface area contributed by atoms with Crippen LogP contribution in [0.25, 0.3) is 0 Å². The summed E-state index contributed by atoms with van der Waals surface area (Å²) >= 11 is 1.42. The van der Waals surface area contributed by atoms with E-state index in [1.807, 2.05) is 17.5 Å². The molecule has 1 saturated carbocycles.